The number of nitrogens with one attached hydrogen (secondary N) is 2. The summed E-state index contributed by atoms with van der Waals surface area (Å²) in [6, 6.07) is 9.66. The van der Waals surface area contributed by atoms with Crippen LogP contribution in [-0.2, 0) is 11.2 Å². The van der Waals surface area contributed by atoms with Gasteiger partial charge in [-0.25, -0.2) is 4.98 Å². The van der Waals surface area contributed by atoms with E-state index in [1.165, 1.54) is 0 Å². The molecule has 1 aromatic heterocycles. The molecular formula is C15H17N3O2. The maximum atomic E-state index is 11.8. The molecule has 3 rings (SSSR count). The summed E-state index contributed by atoms with van der Waals surface area (Å²) in [6.07, 6.45) is 1.81. The first-order valence-corrected chi connectivity index (χ1v) is 6.78. The highest BCUT2D eigenvalue weighted by molar-refractivity contribution is 5.78. The fourth-order valence-electron chi connectivity index (χ4n) is 2.08. The van der Waals surface area contributed by atoms with Crippen LogP contribution in [0.2, 0.25) is 0 Å². The van der Waals surface area contributed by atoms with Gasteiger partial charge in [-0.15, -0.1) is 0 Å². The molecule has 2 N–H and O–H groups in total. The Labute approximate surface area is 117 Å². The van der Waals surface area contributed by atoms with E-state index in [-0.39, 0.29) is 12.3 Å². The molecule has 0 spiro atoms. The third kappa shape index (κ3) is 3.05. The van der Waals surface area contributed by atoms with Gasteiger partial charge in [-0.3, -0.25) is 4.79 Å². The molecule has 2 aromatic rings. The zero-order chi connectivity index (χ0) is 13.8. The van der Waals surface area contributed by atoms with Gasteiger partial charge in [0.25, 0.3) is 0 Å². The molecular weight excluding hydrogens is 254 g/mol. The van der Waals surface area contributed by atoms with Gasteiger partial charge in [-0.05, 0) is 12.1 Å². The summed E-state index contributed by atoms with van der Waals surface area (Å²) in [5.74, 6) is 1.11. The summed E-state index contributed by atoms with van der Waals surface area (Å²) in [5, 5.41) is 6.10. The fraction of sp³-hybridized carbons (Fsp3) is 0.333. The van der Waals surface area contributed by atoms with E-state index in [4.69, 9.17) is 4.42 Å². The van der Waals surface area contributed by atoms with Gasteiger partial charge < -0.3 is 15.1 Å². The van der Waals surface area contributed by atoms with E-state index in [9.17, 15) is 4.79 Å². The van der Waals surface area contributed by atoms with Crippen LogP contribution >= 0.6 is 0 Å². The Hall–Kier alpha value is -2.14. The van der Waals surface area contributed by atoms with E-state index in [2.05, 4.69) is 15.6 Å². The van der Waals surface area contributed by atoms with Gasteiger partial charge in [0, 0.05) is 31.1 Å². The van der Waals surface area contributed by atoms with Crippen LogP contribution in [0.5, 0.6) is 0 Å². The van der Waals surface area contributed by atoms with Gasteiger partial charge in [0.05, 0.1) is 12.1 Å². The van der Waals surface area contributed by atoms with Crippen molar-refractivity contribution in [3.8, 4) is 11.5 Å². The highest BCUT2D eigenvalue weighted by Gasteiger charge is 2.17. The number of aromatic nitrogens is 1. The topological polar surface area (TPSA) is 67.2 Å². The molecule has 0 saturated carbocycles. The molecule has 1 saturated heterocycles. The third-order valence-corrected chi connectivity index (χ3v) is 3.37. The van der Waals surface area contributed by atoms with Crippen LogP contribution < -0.4 is 10.6 Å². The summed E-state index contributed by atoms with van der Waals surface area (Å²) >= 11 is 0. The van der Waals surface area contributed by atoms with Crippen LogP contribution in [0.1, 0.15) is 5.69 Å². The summed E-state index contributed by atoms with van der Waals surface area (Å²) < 4.78 is 5.41. The van der Waals surface area contributed by atoms with E-state index >= 15 is 0 Å². The second-order valence-corrected chi connectivity index (χ2v) is 5.02. The number of benzene rings is 1. The first-order valence-electron chi connectivity index (χ1n) is 6.78. The lowest BCUT2D eigenvalue weighted by atomic mass is 10.0. The number of hydrogen-bond donors (Lipinski definition) is 2. The molecule has 5 heteroatoms. The second kappa shape index (κ2) is 5.88. The van der Waals surface area contributed by atoms with Crippen molar-refractivity contribution in [2.24, 2.45) is 5.92 Å². The summed E-state index contributed by atoms with van der Waals surface area (Å²) in [6.45, 7) is 2.71. The average molecular weight is 271 g/mol. The van der Waals surface area contributed by atoms with Gasteiger partial charge in [0.15, 0.2) is 0 Å². The highest BCUT2D eigenvalue weighted by Crippen LogP contribution is 2.18. The first-order chi connectivity index (χ1) is 9.81. The number of rotatable bonds is 5. The standard InChI is InChI=1S/C15H17N3O2/c19-14(17-9-11-7-16-8-11)6-13-10-20-15(18-13)12-4-2-1-3-5-12/h1-5,10-11,16H,6-9H2,(H,17,19). The number of carbonyl (C=O) groups is 1. The van der Waals surface area contributed by atoms with Gasteiger partial charge in [-0.2, -0.15) is 0 Å². The minimum absolute atomic E-state index is 0.00943. The Morgan fingerprint density at radius 2 is 2.15 bits per heavy atom. The van der Waals surface area contributed by atoms with Crippen molar-refractivity contribution >= 4 is 5.91 Å². The van der Waals surface area contributed by atoms with Crippen molar-refractivity contribution in [1.29, 1.82) is 0 Å². The molecule has 1 aliphatic heterocycles. The third-order valence-electron chi connectivity index (χ3n) is 3.37. The van der Waals surface area contributed by atoms with E-state index in [0.29, 0.717) is 17.5 Å². The van der Waals surface area contributed by atoms with Crippen molar-refractivity contribution in [2.45, 2.75) is 6.42 Å². The molecule has 0 bridgehead atoms. The lowest BCUT2D eigenvalue weighted by molar-refractivity contribution is -0.120. The predicted octanol–water partition coefficient (Wildman–Crippen LogP) is 1.22. The summed E-state index contributed by atoms with van der Waals surface area (Å²) in [4.78, 5) is 16.1. The smallest absolute Gasteiger partial charge is 0.226 e. The van der Waals surface area contributed by atoms with Gasteiger partial charge in [0.2, 0.25) is 11.8 Å². The highest BCUT2D eigenvalue weighted by atomic mass is 16.3. The number of nitrogens with zero attached hydrogens (tertiary/aromatic N) is 1. The summed E-state index contributed by atoms with van der Waals surface area (Å²) in [7, 11) is 0. The van der Waals surface area contributed by atoms with Gasteiger partial charge in [-0.1, -0.05) is 18.2 Å². The zero-order valence-corrected chi connectivity index (χ0v) is 11.1. The van der Waals surface area contributed by atoms with Crippen molar-refractivity contribution < 1.29 is 9.21 Å². The SMILES string of the molecule is O=C(Cc1coc(-c2ccccc2)n1)NCC1CNC1. The van der Waals surface area contributed by atoms with E-state index < -0.39 is 0 Å². The number of amides is 1. The normalized spacial score (nSPS) is 14.8. The maximum absolute atomic E-state index is 11.8. The quantitative estimate of drug-likeness (QED) is 0.858. The second-order valence-electron chi connectivity index (χ2n) is 5.02. The Balaban J connectivity index is 1.55. The van der Waals surface area contributed by atoms with Crippen molar-refractivity contribution in [3.05, 3.63) is 42.3 Å². The molecule has 104 valence electrons. The van der Waals surface area contributed by atoms with Crippen LogP contribution in [0.4, 0.5) is 0 Å². The average Bonchev–Trinajstić information content (AvgIpc) is 2.86. The molecule has 1 aliphatic rings. The van der Waals surface area contributed by atoms with Crippen molar-refractivity contribution in [1.82, 2.24) is 15.6 Å². The Kier molecular flexibility index (Phi) is 3.78. The Bertz CT molecular complexity index is 576. The fourth-order valence-corrected chi connectivity index (χ4v) is 2.08. The molecule has 0 radical (unpaired) electrons. The van der Waals surface area contributed by atoms with E-state index in [0.717, 1.165) is 25.2 Å². The molecule has 1 aromatic carbocycles. The molecule has 1 amide bonds. The van der Waals surface area contributed by atoms with Crippen LogP contribution in [0.3, 0.4) is 0 Å². The van der Waals surface area contributed by atoms with Crippen molar-refractivity contribution in [3.63, 3.8) is 0 Å². The van der Waals surface area contributed by atoms with Crippen LogP contribution in [0.15, 0.2) is 41.0 Å². The molecule has 2 heterocycles. The minimum atomic E-state index is -0.00943. The molecule has 0 unspecified atom stereocenters. The van der Waals surface area contributed by atoms with Crippen LogP contribution in [-0.4, -0.2) is 30.5 Å². The molecule has 5 nitrogen and oxygen atoms in total. The van der Waals surface area contributed by atoms with Crippen LogP contribution in [0, 0.1) is 5.92 Å². The first kappa shape index (κ1) is 12.9. The maximum Gasteiger partial charge on any atom is 0.226 e. The lowest BCUT2D eigenvalue weighted by Crippen LogP contribution is -2.48. The Morgan fingerprint density at radius 3 is 2.85 bits per heavy atom. The minimum Gasteiger partial charge on any atom is -0.444 e. The zero-order valence-electron chi connectivity index (χ0n) is 11.1. The number of hydrogen-bond acceptors (Lipinski definition) is 4. The molecule has 20 heavy (non-hydrogen) atoms. The van der Waals surface area contributed by atoms with E-state index in [1.807, 2.05) is 30.3 Å². The van der Waals surface area contributed by atoms with Crippen LogP contribution in [0.25, 0.3) is 11.5 Å². The van der Waals surface area contributed by atoms with Crippen molar-refractivity contribution in [2.75, 3.05) is 19.6 Å². The number of oxazole rings is 1. The van der Waals surface area contributed by atoms with E-state index in [1.54, 1.807) is 6.26 Å². The molecule has 0 aliphatic carbocycles. The van der Waals surface area contributed by atoms with Gasteiger partial charge in [0.1, 0.15) is 6.26 Å². The number of carbonyl (C=O) groups excluding carboxylic acids is 1. The lowest BCUT2D eigenvalue weighted by Gasteiger charge is -2.26. The largest absolute Gasteiger partial charge is 0.444 e. The van der Waals surface area contributed by atoms with Gasteiger partial charge >= 0.3 is 0 Å². The Morgan fingerprint density at radius 1 is 1.35 bits per heavy atom. The molecule has 1 fully saturated rings. The predicted molar refractivity (Wildman–Crippen MR) is 75.0 cm³/mol. The monoisotopic (exact) mass is 271 g/mol. The molecule has 0 atom stereocenters. The summed E-state index contributed by atoms with van der Waals surface area (Å²) in [5.41, 5.74) is 1.58.